The second kappa shape index (κ2) is 8.15. The number of likely N-dealkylation sites (N-methyl/N-ethyl adjacent to an activating group) is 2. The summed E-state index contributed by atoms with van der Waals surface area (Å²) in [4.78, 5) is 16.3. The van der Waals surface area contributed by atoms with Gasteiger partial charge in [-0.15, -0.1) is 0 Å². The fourth-order valence-electron chi connectivity index (χ4n) is 2.75. The van der Waals surface area contributed by atoms with E-state index in [1.54, 1.807) is 4.90 Å². The molecule has 1 aromatic carbocycles. The first-order valence-electron chi connectivity index (χ1n) is 7.94. The van der Waals surface area contributed by atoms with Gasteiger partial charge in [-0.3, -0.25) is 4.79 Å². The van der Waals surface area contributed by atoms with Gasteiger partial charge in [0.1, 0.15) is 0 Å². The molecular formula is C17H27N3O2. The summed E-state index contributed by atoms with van der Waals surface area (Å²) in [6.07, 6.45) is 1.76. The second-order valence-corrected chi connectivity index (χ2v) is 5.99. The monoisotopic (exact) mass is 305 g/mol. The third-order valence-electron chi connectivity index (χ3n) is 4.40. The first kappa shape index (κ1) is 16.8. The Morgan fingerprint density at radius 1 is 1.23 bits per heavy atom. The van der Waals surface area contributed by atoms with Crippen molar-refractivity contribution in [2.75, 3.05) is 45.3 Å². The third-order valence-corrected chi connectivity index (χ3v) is 4.40. The molecule has 2 N–H and O–H groups in total. The van der Waals surface area contributed by atoms with Gasteiger partial charge in [-0.05, 0) is 30.9 Å². The zero-order chi connectivity index (χ0) is 15.9. The Kier molecular flexibility index (Phi) is 6.21. The van der Waals surface area contributed by atoms with E-state index in [0.29, 0.717) is 19.8 Å². The van der Waals surface area contributed by atoms with Gasteiger partial charge in [-0.25, -0.2) is 0 Å². The van der Waals surface area contributed by atoms with Crippen LogP contribution in [0.2, 0.25) is 0 Å². The molecule has 0 radical (unpaired) electrons. The molecule has 5 heteroatoms. The van der Waals surface area contributed by atoms with Gasteiger partial charge in [0.2, 0.25) is 5.91 Å². The van der Waals surface area contributed by atoms with Gasteiger partial charge in [0.15, 0.2) is 0 Å². The zero-order valence-electron chi connectivity index (χ0n) is 13.6. The fourth-order valence-corrected chi connectivity index (χ4v) is 2.75. The van der Waals surface area contributed by atoms with Gasteiger partial charge < -0.3 is 20.3 Å². The van der Waals surface area contributed by atoms with E-state index in [1.165, 1.54) is 0 Å². The van der Waals surface area contributed by atoms with Crippen molar-refractivity contribution in [2.24, 2.45) is 11.7 Å². The van der Waals surface area contributed by atoms with E-state index >= 15 is 0 Å². The van der Waals surface area contributed by atoms with Crippen molar-refractivity contribution in [2.45, 2.75) is 18.9 Å². The van der Waals surface area contributed by atoms with Crippen LogP contribution in [0.3, 0.4) is 0 Å². The standard InChI is InChI=1S/C17H27N3O2/c1-19(15-6-4-3-5-7-15)10-11-20(2)17(21)16(18)14-8-12-22-13-9-14/h3-7,14,16H,8-13,18H2,1-2H3. The predicted molar refractivity (Wildman–Crippen MR) is 88.9 cm³/mol. The molecule has 0 saturated carbocycles. The van der Waals surface area contributed by atoms with Gasteiger partial charge in [0, 0.05) is 46.1 Å². The minimum absolute atomic E-state index is 0.0355. The molecule has 122 valence electrons. The van der Waals surface area contributed by atoms with Crippen molar-refractivity contribution < 1.29 is 9.53 Å². The minimum Gasteiger partial charge on any atom is -0.381 e. The van der Waals surface area contributed by atoms with Gasteiger partial charge in [0.05, 0.1) is 6.04 Å². The fraction of sp³-hybridized carbons (Fsp3) is 0.588. The number of carbonyl (C=O) groups is 1. The molecule has 1 amide bonds. The molecule has 1 saturated heterocycles. The van der Waals surface area contributed by atoms with Crippen LogP contribution < -0.4 is 10.6 Å². The van der Waals surface area contributed by atoms with Crippen molar-refractivity contribution >= 4 is 11.6 Å². The molecule has 2 rings (SSSR count). The van der Waals surface area contributed by atoms with Crippen molar-refractivity contribution in [1.82, 2.24) is 4.90 Å². The largest absolute Gasteiger partial charge is 0.381 e. The number of amides is 1. The number of para-hydroxylation sites is 1. The van der Waals surface area contributed by atoms with Gasteiger partial charge in [-0.2, -0.15) is 0 Å². The molecule has 0 spiro atoms. The number of benzene rings is 1. The molecule has 1 heterocycles. The van der Waals surface area contributed by atoms with Crippen LogP contribution in [0.15, 0.2) is 30.3 Å². The van der Waals surface area contributed by atoms with E-state index in [-0.39, 0.29) is 11.8 Å². The first-order chi connectivity index (χ1) is 10.6. The molecular weight excluding hydrogens is 278 g/mol. The summed E-state index contributed by atoms with van der Waals surface area (Å²) in [5, 5.41) is 0. The number of hydrogen-bond donors (Lipinski definition) is 1. The van der Waals surface area contributed by atoms with Crippen LogP contribution in [0.25, 0.3) is 0 Å². The number of carbonyl (C=O) groups excluding carboxylic acids is 1. The summed E-state index contributed by atoms with van der Waals surface area (Å²) in [7, 11) is 3.87. The number of hydrogen-bond acceptors (Lipinski definition) is 4. The number of rotatable bonds is 6. The van der Waals surface area contributed by atoms with E-state index in [0.717, 1.165) is 25.1 Å². The van der Waals surface area contributed by atoms with Crippen molar-refractivity contribution in [3.8, 4) is 0 Å². The average Bonchev–Trinajstić information content (AvgIpc) is 2.59. The molecule has 1 unspecified atom stereocenters. The maximum absolute atomic E-state index is 12.4. The van der Waals surface area contributed by atoms with Crippen LogP contribution in [-0.2, 0) is 9.53 Å². The van der Waals surface area contributed by atoms with E-state index in [4.69, 9.17) is 10.5 Å². The quantitative estimate of drug-likeness (QED) is 0.861. The number of anilines is 1. The van der Waals surface area contributed by atoms with Gasteiger partial charge in [-0.1, -0.05) is 18.2 Å². The Balaban J connectivity index is 1.80. The highest BCUT2D eigenvalue weighted by Crippen LogP contribution is 2.18. The molecule has 5 nitrogen and oxygen atoms in total. The maximum Gasteiger partial charge on any atom is 0.239 e. The SMILES string of the molecule is CN(CCN(C)c1ccccc1)C(=O)C(N)C1CCOCC1. The lowest BCUT2D eigenvalue weighted by Gasteiger charge is -2.30. The summed E-state index contributed by atoms with van der Waals surface area (Å²) >= 11 is 0. The van der Waals surface area contributed by atoms with Crippen molar-refractivity contribution in [3.63, 3.8) is 0 Å². The Bertz CT molecular complexity index is 460. The molecule has 0 aromatic heterocycles. The predicted octanol–water partition coefficient (Wildman–Crippen LogP) is 1.34. The second-order valence-electron chi connectivity index (χ2n) is 5.99. The smallest absolute Gasteiger partial charge is 0.239 e. The third kappa shape index (κ3) is 4.45. The van der Waals surface area contributed by atoms with Crippen molar-refractivity contribution in [1.29, 1.82) is 0 Å². The van der Waals surface area contributed by atoms with E-state index in [9.17, 15) is 4.79 Å². The molecule has 1 atom stereocenters. The molecule has 1 fully saturated rings. The topological polar surface area (TPSA) is 58.8 Å². The van der Waals surface area contributed by atoms with Crippen LogP contribution in [-0.4, -0.2) is 57.2 Å². The summed E-state index contributed by atoms with van der Waals surface area (Å²) in [6.45, 7) is 2.88. The van der Waals surface area contributed by atoms with Crippen LogP contribution in [0.5, 0.6) is 0 Å². The number of nitrogens with zero attached hydrogens (tertiary/aromatic N) is 2. The van der Waals surface area contributed by atoms with Crippen LogP contribution in [0.1, 0.15) is 12.8 Å². The van der Waals surface area contributed by atoms with E-state index in [1.807, 2.05) is 32.3 Å². The highest BCUT2D eigenvalue weighted by atomic mass is 16.5. The average molecular weight is 305 g/mol. The minimum atomic E-state index is -0.407. The molecule has 1 aromatic rings. The first-order valence-corrected chi connectivity index (χ1v) is 7.94. The normalized spacial score (nSPS) is 17.0. The van der Waals surface area contributed by atoms with Crippen LogP contribution in [0, 0.1) is 5.92 Å². The molecule has 22 heavy (non-hydrogen) atoms. The van der Waals surface area contributed by atoms with Gasteiger partial charge >= 0.3 is 0 Å². The molecule has 1 aliphatic rings. The Hall–Kier alpha value is -1.59. The maximum atomic E-state index is 12.4. The summed E-state index contributed by atoms with van der Waals surface area (Å²) < 4.78 is 5.33. The van der Waals surface area contributed by atoms with Crippen LogP contribution in [0.4, 0.5) is 5.69 Å². The summed E-state index contributed by atoms with van der Waals surface area (Å²) in [5.41, 5.74) is 7.30. The lowest BCUT2D eigenvalue weighted by molar-refractivity contribution is -0.133. The number of nitrogens with two attached hydrogens (primary N) is 1. The van der Waals surface area contributed by atoms with Gasteiger partial charge in [0.25, 0.3) is 0 Å². The highest BCUT2D eigenvalue weighted by molar-refractivity contribution is 5.81. The highest BCUT2D eigenvalue weighted by Gasteiger charge is 2.28. The Morgan fingerprint density at radius 2 is 1.86 bits per heavy atom. The lowest BCUT2D eigenvalue weighted by Crippen LogP contribution is -2.49. The van der Waals surface area contributed by atoms with E-state index < -0.39 is 6.04 Å². The van der Waals surface area contributed by atoms with Crippen LogP contribution >= 0.6 is 0 Å². The Labute approximate surface area is 133 Å². The van der Waals surface area contributed by atoms with E-state index in [2.05, 4.69) is 17.0 Å². The summed E-state index contributed by atoms with van der Waals surface area (Å²) in [5.74, 6) is 0.281. The van der Waals surface area contributed by atoms with Crippen molar-refractivity contribution in [3.05, 3.63) is 30.3 Å². The molecule has 1 aliphatic heterocycles. The molecule has 0 aliphatic carbocycles. The zero-order valence-corrected chi connectivity index (χ0v) is 13.6. The molecule has 0 bridgehead atoms. The summed E-state index contributed by atoms with van der Waals surface area (Å²) in [6, 6.07) is 9.75. The Morgan fingerprint density at radius 3 is 2.50 bits per heavy atom. The lowest BCUT2D eigenvalue weighted by atomic mass is 9.91. The number of ether oxygens (including phenoxy) is 1.